The fraction of sp³-hybridized carbons (Fsp3) is 0.304. The van der Waals surface area contributed by atoms with Gasteiger partial charge in [-0.1, -0.05) is 12.1 Å². The number of fused-ring (bicyclic) bond motifs is 1. The number of piperidine rings is 1. The summed E-state index contributed by atoms with van der Waals surface area (Å²) in [5.41, 5.74) is 1.61. The van der Waals surface area contributed by atoms with Gasteiger partial charge in [0.2, 0.25) is 0 Å². The smallest absolute Gasteiger partial charge is 0.310 e. The summed E-state index contributed by atoms with van der Waals surface area (Å²) < 4.78 is 5.09. The second kappa shape index (κ2) is 8.10. The van der Waals surface area contributed by atoms with Crippen LogP contribution in [0, 0.1) is 5.92 Å². The fourth-order valence-corrected chi connectivity index (χ4v) is 3.97. The van der Waals surface area contributed by atoms with Gasteiger partial charge in [-0.05, 0) is 56.2 Å². The van der Waals surface area contributed by atoms with Crippen molar-refractivity contribution >= 4 is 29.4 Å². The number of imide groups is 1. The van der Waals surface area contributed by atoms with Crippen molar-refractivity contribution in [1.82, 2.24) is 4.90 Å². The van der Waals surface area contributed by atoms with E-state index in [1.807, 2.05) is 0 Å². The lowest BCUT2D eigenvalue weighted by atomic mass is 9.97. The monoisotopic (exact) mass is 406 g/mol. The fourth-order valence-electron chi connectivity index (χ4n) is 3.97. The number of hydrogen-bond donors (Lipinski definition) is 0. The molecular weight excluding hydrogens is 384 g/mol. The molecule has 1 saturated heterocycles. The molecular formula is C23H22N2O5. The summed E-state index contributed by atoms with van der Waals surface area (Å²) in [4.78, 5) is 52.9. The summed E-state index contributed by atoms with van der Waals surface area (Å²) in [5.74, 6) is -1.50. The number of likely N-dealkylation sites (tertiary alicyclic amines) is 1. The molecule has 1 fully saturated rings. The van der Waals surface area contributed by atoms with Crippen molar-refractivity contribution in [2.45, 2.75) is 19.8 Å². The van der Waals surface area contributed by atoms with Gasteiger partial charge in [0.05, 0.1) is 29.3 Å². The second-order valence-electron chi connectivity index (χ2n) is 7.38. The lowest BCUT2D eigenvalue weighted by Crippen LogP contribution is -2.42. The number of esters is 1. The van der Waals surface area contributed by atoms with Crippen LogP contribution in [-0.4, -0.2) is 48.3 Å². The van der Waals surface area contributed by atoms with Crippen molar-refractivity contribution in [2.24, 2.45) is 5.92 Å². The molecule has 0 N–H and O–H groups in total. The number of rotatable bonds is 4. The van der Waals surface area contributed by atoms with Crippen LogP contribution in [-0.2, 0) is 9.53 Å². The minimum atomic E-state index is -0.372. The molecule has 0 spiro atoms. The van der Waals surface area contributed by atoms with Crippen molar-refractivity contribution in [3.63, 3.8) is 0 Å². The van der Waals surface area contributed by atoms with Crippen molar-refractivity contribution in [2.75, 3.05) is 24.6 Å². The lowest BCUT2D eigenvalue weighted by Gasteiger charge is -2.31. The van der Waals surface area contributed by atoms with Gasteiger partial charge in [0.1, 0.15) is 0 Å². The van der Waals surface area contributed by atoms with E-state index < -0.39 is 0 Å². The summed E-state index contributed by atoms with van der Waals surface area (Å²) in [7, 11) is 0. The third-order valence-electron chi connectivity index (χ3n) is 5.50. The van der Waals surface area contributed by atoms with E-state index >= 15 is 0 Å². The minimum Gasteiger partial charge on any atom is -0.466 e. The molecule has 2 aliphatic rings. The molecule has 4 rings (SSSR count). The zero-order valence-electron chi connectivity index (χ0n) is 16.7. The molecule has 2 aromatic carbocycles. The molecule has 7 heteroatoms. The predicted molar refractivity (Wildman–Crippen MR) is 109 cm³/mol. The van der Waals surface area contributed by atoms with Gasteiger partial charge in [0, 0.05) is 18.7 Å². The molecule has 0 aromatic heterocycles. The summed E-state index contributed by atoms with van der Waals surface area (Å²) in [6, 6.07) is 13.1. The number of ether oxygens (including phenoxy) is 1. The Bertz CT molecular complexity index is 980. The van der Waals surface area contributed by atoms with Crippen LogP contribution in [0.25, 0.3) is 0 Å². The Morgan fingerprint density at radius 3 is 2.23 bits per heavy atom. The van der Waals surface area contributed by atoms with Crippen LogP contribution in [0.15, 0.2) is 48.5 Å². The average molecular weight is 406 g/mol. The van der Waals surface area contributed by atoms with Crippen LogP contribution >= 0.6 is 0 Å². The van der Waals surface area contributed by atoms with Crippen LogP contribution in [0.4, 0.5) is 5.69 Å². The molecule has 2 aliphatic heterocycles. The van der Waals surface area contributed by atoms with Gasteiger partial charge in [-0.3, -0.25) is 19.2 Å². The highest BCUT2D eigenvalue weighted by atomic mass is 16.5. The Morgan fingerprint density at radius 2 is 1.63 bits per heavy atom. The molecule has 7 nitrogen and oxygen atoms in total. The Morgan fingerprint density at radius 1 is 1.00 bits per heavy atom. The molecule has 154 valence electrons. The van der Waals surface area contributed by atoms with Gasteiger partial charge in [-0.15, -0.1) is 0 Å². The zero-order chi connectivity index (χ0) is 21.3. The van der Waals surface area contributed by atoms with Crippen LogP contribution in [0.1, 0.15) is 50.8 Å². The highest BCUT2D eigenvalue weighted by molar-refractivity contribution is 6.34. The first-order valence-electron chi connectivity index (χ1n) is 10.0. The van der Waals surface area contributed by atoms with Crippen molar-refractivity contribution in [3.05, 3.63) is 65.2 Å². The number of amides is 3. The number of nitrogens with zero attached hydrogens (tertiary/aromatic N) is 2. The van der Waals surface area contributed by atoms with Crippen molar-refractivity contribution in [1.29, 1.82) is 0 Å². The van der Waals surface area contributed by atoms with Gasteiger partial charge >= 0.3 is 5.97 Å². The maximum absolute atomic E-state index is 12.9. The van der Waals surface area contributed by atoms with E-state index in [-0.39, 0.29) is 29.6 Å². The largest absolute Gasteiger partial charge is 0.466 e. The van der Waals surface area contributed by atoms with E-state index in [1.54, 1.807) is 60.4 Å². The van der Waals surface area contributed by atoms with E-state index in [0.29, 0.717) is 48.5 Å². The number of benzene rings is 2. The first kappa shape index (κ1) is 19.8. The second-order valence-corrected chi connectivity index (χ2v) is 7.38. The molecule has 0 aliphatic carbocycles. The summed E-state index contributed by atoms with van der Waals surface area (Å²) in [6.45, 7) is 2.99. The maximum atomic E-state index is 12.9. The summed E-state index contributed by atoms with van der Waals surface area (Å²) >= 11 is 0. The predicted octanol–water partition coefficient (Wildman–Crippen LogP) is 2.90. The molecule has 2 heterocycles. The standard InChI is InChI=1S/C23H22N2O5/c1-2-30-23(29)16-6-5-13-24(14-16)20(26)15-9-11-17(12-10-15)25-21(27)18-7-3-4-8-19(18)22(25)28/h3-4,7-12,16H,2,5-6,13-14H2,1H3. The van der Waals surface area contributed by atoms with Crippen LogP contribution < -0.4 is 4.90 Å². The van der Waals surface area contributed by atoms with Gasteiger partial charge < -0.3 is 9.64 Å². The normalized spacial score (nSPS) is 18.4. The lowest BCUT2D eigenvalue weighted by molar-refractivity contribution is -0.149. The molecule has 3 amide bonds. The van der Waals surface area contributed by atoms with E-state index in [1.165, 1.54) is 0 Å². The Hall–Kier alpha value is -3.48. The van der Waals surface area contributed by atoms with E-state index in [2.05, 4.69) is 0 Å². The Kier molecular flexibility index (Phi) is 5.35. The molecule has 0 radical (unpaired) electrons. The van der Waals surface area contributed by atoms with E-state index in [9.17, 15) is 19.2 Å². The van der Waals surface area contributed by atoms with Crippen LogP contribution in [0.3, 0.4) is 0 Å². The van der Waals surface area contributed by atoms with Gasteiger partial charge in [0.25, 0.3) is 17.7 Å². The average Bonchev–Trinajstić information content (AvgIpc) is 3.04. The molecule has 1 atom stereocenters. The maximum Gasteiger partial charge on any atom is 0.310 e. The number of anilines is 1. The Labute approximate surface area is 174 Å². The number of hydrogen-bond acceptors (Lipinski definition) is 5. The van der Waals surface area contributed by atoms with Gasteiger partial charge in [-0.25, -0.2) is 4.90 Å². The molecule has 2 aromatic rings. The van der Waals surface area contributed by atoms with Gasteiger partial charge in [0.15, 0.2) is 0 Å². The van der Waals surface area contributed by atoms with Crippen molar-refractivity contribution in [3.8, 4) is 0 Å². The van der Waals surface area contributed by atoms with Gasteiger partial charge in [-0.2, -0.15) is 0 Å². The molecule has 30 heavy (non-hydrogen) atoms. The number of carbonyl (C=O) groups is 4. The number of carbonyl (C=O) groups excluding carboxylic acids is 4. The highest BCUT2D eigenvalue weighted by Gasteiger charge is 2.36. The van der Waals surface area contributed by atoms with E-state index in [0.717, 1.165) is 11.3 Å². The minimum absolute atomic E-state index is 0.182. The molecule has 1 unspecified atom stereocenters. The third-order valence-corrected chi connectivity index (χ3v) is 5.50. The SMILES string of the molecule is CCOC(=O)C1CCCN(C(=O)c2ccc(N3C(=O)c4ccccc4C3=O)cc2)C1. The first-order valence-corrected chi connectivity index (χ1v) is 10.0. The molecule has 0 bridgehead atoms. The van der Waals surface area contributed by atoms with Crippen LogP contribution in [0.5, 0.6) is 0 Å². The van der Waals surface area contributed by atoms with Crippen LogP contribution in [0.2, 0.25) is 0 Å². The topological polar surface area (TPSA) is 84.0 Å². The van der Waals surface area contributed by atoms with Crippen molar-refractivity contribution < 1.29 is 23.9 Å². The first-order chi connectivity index (χ1) is 14.5. The third kappa shape index (κ3) is 3.47. The van der Waals surface area contributed by atoms with E-state index in [4.69, 9.17) is 4.74 Å². The summed E-state index contributed by atoms with van der Waals surface area (Å²) in [5, 5.41) is 0. The quantitative estimate of drug-likeness (QED) is 0.576. The molecule has 0 saturated carbocycles. The highest BCUT2D eigenvalue weighted by Crippen LogP contribution is 2.29. The summed E-state index contributed by atoms with van der Waals surface area (Å²) in [6.07, 6.45) is 1.45. The zero-order valence-corrected chi connectivity index (χ0v) is 16.7. The Balaban J connectivity index is 1.49.